The molecule has 1 atom stereocenters. The zero-order valence-corrected chi connectivity index (χ0v) is 13.2. The van der Waals surface area contributed by atoms with Crippen molar-refractivity contribution < 1.29 is 9.59 Å². The molecule has 3 N–H and O–H groups in total. The highest BCUT2D eigenvalue weighted by molar-refractivity contribution is 5.97. The van der Waals surface area contributed by atoms with E-state index in [0.29, 0.717) is 36.1 Å². The number of rotatable bonds is 8. The van der Waals surface area contributed by atoms with Crippen LogP contribution in [0.3, 0.4) is 0 Å². The van der Waals surface area contributed by atoms with Crippen LogP contribution < -0.4 is 11.1 Å². The second kappa shape index (κ2) is 8.57. The number of amides is 1. The predicted octanol–water partition coefficient (Wildman–Crippen LogP) is 3.23. The van der Waals surface area contributed by atoms with Crippen molar-refractivity contribution in [2.45, 2.75) is 40.0 Å². The Hall–Kier alpha value is -1.68. The van der Waals surface area contributed by atoms with Crippen molar-refractivity contribution in [1.82, 2.24) is 0 Å². The van der Waals surface area contributed by atoms with Crippen LogP contribution in [0.2, 0.25) is 0 Å². The van der Waals surface area contributed by atoms with Gasteiger partial charge in [-0.3, -0.25) is 9.59 Å². The summed E-state index contributed by atoms with van der Waals surface area (Å²) >= 11 is 0. The maximum atomic E-state index is 12.0. The number of carbonyl (C=O) groups excluding carboxylic acids is 2. The van der Waals surface area contributed by atoms with E-state index in [4.69, 9.17) is 5.73 Å². The summed E-state index contributed by atoms with van der Waals surface area (Å²) < 4.78 is 0. The van der Waals surface area contributed by atoms with E-state index < -0.39 is 0 Å². The van der Waals surface area contributed by atoms with Gasteiger partial charge >= 0.3 is 0 Å². The van der Waals surface area contributed by atoms with Gasteiger partial charge in [-0.2, -0.15) is 0 Å². The second-order valence-corrected chi connectivity index (χ2v) is 5.81. The zero-order valence-electron chi connectivity index (χ0n) is 13.2. The molecular formula is C17H26N2O2. The Labute approximate surface area is 127 Å². The predicted molar refractivity (Wildman–Crippen MR) is 86.3 cm³/mol. The largest absolute Gasteiger partial charge is 0.330 e. The molecule has 1 unspecified atom stereocenters. The van der Waals surface area contributed by atoms with Crippen LogP contribution in [0.15, 0.2) is 24.3 Å². The van der Waals surface area contributed by atoms with Crippen LogP contribution >= 0.6 is 0 Å². The molecule has 0 bridgehead atoms. The number of nitrogens with two attached hydrogens (primary N) is 1. The van der Waals surface area contributed by atoms with Crippen molar-refractivity contribution in [1.29, 1.82) is 0 Å². The first kappa shape index (κ1) is 17.4. The average molecular weight is 290 g/mol. The lowest BCUT2D eigenvalue weighted by Gasteiger charge is -2.19. The first-order valence-corrected chi connectivity index (χ1v) is 7.55. The molecule has 4 heteroatoms. The molecule has 1 aromatic carbocycles. The van der Waals surface area contributed by atoms with Crippen LogP contribution in [-0.4, -0.2) is 18.2 Å². The minimum Gasteiger partial charge on any atom is -0.330 e. The molecule has 0 aliphatic carbocycles. The molecule has 1 rings (SSSR count). The van der Waals surface area contributed by atoms with Crippen molar-refractivity contribution in [3.05, 3.63) is 29.8 Å². The molecule has 0 radical (unpaired) electrons. The Morgan fingerprint density at radius 1 is 1.24 bits per heavy atom. The van der Waals surface area contributed by atoms with E-state index in [-0.39, 0.29) is 11.7 Å². The van der Waals surface area contributed by atoms with Crippen LogP contribution in [0.1, 0.15) is 50.4 Å². The Balaban J connectivity index is 2.53. The summed E-state index contributed by atoms with van der Waals surface area (Å²) in [6.45, 7) is 6.50. The third-order valence-corrected chi connectivity index (χ3v) is 3.78. The second-order valence-electron chi connectivity index (χ2n) is 5.81. The van der Waals surface area contributed by atoms with Crippen LogP contribution in [0.4, 0.5) is 5.69 Å². The van der Waals surface area contributed by atoms with E-state index in [2.05, 4.69) is 19.2 Å². The van der Waals surface area contributed by atoms with Crippen molar-refractivity contribution in [2.24, 2.45) is 17.6 Å². The molecular weight excluding hydrogens is 264 g/mol. The molecule has 1 amide bonds. The van der Waals surface area contributed by atoms with E-state index in [1.807, 2.05) is 0 Å². The molecule has 0 saturated carbocycles. The van der Waals surface area contributed by atoms with E-state index in [9.17, 15) is 9.59 Å². The van der Waals surface area contributed by atoms with E-state index >= 15 is 0 Å². The number of carbonyl (C=O) groups is 2. The number of ketones is 1. The minimum absolute atomic E-state index is 0.00563. The Bertz CT molecular complexity index is 483. The fourth-order valence-electron chi connectivity index (χ4n) is 2.38. The van der Waals surface area contributed by atoms with Crippen LogP contribution in [-0.2, 0) is 4.79 Å². The van der Waals surface area contributed by atoms with Gasteiger partial charge < -0.3 is 11.1 Å². The zero-order chi connectivity index (χ0) is 15.8. The fourth-order valence-corrected chi connectivity index (χ4v) is 2.38. The summed E-state index contributed by atoms with van der Waals surface area (Å²) in [5, 5.41) is 2.85. The number of nitrogens with one attached hydrogen (secondary N) is 1. The molecule has 116 valence electrons. The highest BCUT2D eigenvalue weighted by Gasteiger charge is 2.14. The van der Waals surface area contributed by atoms with Crippen molar-refractivity contribution in [2.75, 3.05) is 11.9 Å². The quantitative estimate of drug-likeness (QED) is 0.722. The lowest BCUT2D eigenvalue weighted by molar-refractivity contribution is -0.116. The van der Waals surface area contributed by atoms with Gasteiger partial charge in [-0.1, -0.05) is 26.0 Å². The lowest BCUT2D eigenvalue weighted by atomic mass is 9.88. The molecule has 0 aliphatic rings. The third-order valence-electron chi connectivity index (χ3n) is 3.78. The van der Waals surface area contributed by atoms with Gasteiger partial charge in [0.05, 0.1) is 0 Å². The summed E-state index contributed by atoms with van der Waals surface area (Å²) in [5.74, 6) is 0.985. The maximum Gasteiger partial charge on any atom is 0.224 e. The summed E-state index contributed by atoms with van der Waals surface area (Å²) in [5.41, 5.74) is 6.89. The number of anilines is 1. The molecule has 21 heavy (non-hydrogen) atoms. The van der Waals surface area contributed by atoms with Crippen molar-refractivity contribution >= 4 is 17.4 Å². The molecule has 0 aromatic heterocycles. The van der Waals surface area contributed by atoms with Gasteiger partial charge in [-0.15, -0.1) is 0 Å². The minimum atomic E-state index is -0.0154. The smallest absolute Gasteiger partial charge is 0.224 e. The summed E-state index contributed by atoms with van der Waals surface area (Å²) in [7, 11) is 0. The molecule has 0 spiro atoms. The van der Waals surface area contributed by atoms with Gasteiger partial charge in [-0.05, 0) is 50.3 Å². The van der Waals surface area contributed by atoms with Crippen molar-refractivity contribution in [3.63, 3.8) is 0 Å². The van der Waals surface area contributed by atoms with Crippen LogP contribution in [0, 0.1) is 11.8 Å². The Kier molecular flexibility index (Phi) is 7.09. The number of Topliss-reactive ketones (excluding diaryl/α,β-unsaturated/α-hetero) is 1. The highest BCUT2D eigenvalue weighted by atomic mass is 16.1. The van der Waals surface area contributed by atoms with Gasteiger partial charge in [0.25, 0.3) is 0 Å². The summed E-state index contributed by atoms with van der Waals surface area (Å²) in [4.78, 5) is 23.3. The lowest BCUT2D eigenvalue weighted by Crippen LogP contribution is -2.18. The normalized spacial score (nSPS) is 12.2. The Morgan fingerprint density at radius 3 is 2.52 bits per heavy atom. The average Bonchev–Trinajstić information content (AvgIpc) is 2.43. The fraction of sp³-hybridized carbons (Fsp3) is 0.529. The molecule has 0 heterocycles. The maximum absolute atomic E-state index is 12.0. The topological polar surface area (TPSA) is 72.2 Å². The molecule has 1 aromatic rings. The van der Waals surface area contributed by atoms with E-state index in [1.54, 1.807) is 24.3 Å². The van der Waals surface area contributed by atoms with Gasteiger partial charge in [-0.25, -0.2) is 0 Å². The first-order valence-electron chi connectivity index (χ1n) is 7.55. The van der Waals surface area contributed by atoms with Gasteiger partial charge in [0.15, 0.2) is 5.78 Å². The standard InChI is InChI=1S/C17H26N2O2/c1-12(2)14(9-10-18)7-8-17(21)19-16-6-4-5-15(11-16)13(3)20/h4-6,11-12,14H,7-10,18H2,1-3H3,(H,19,21). The van der Waals surface area contributed by atoms with E-state index in [0.717, 1.165) is 12.8 Å². The first-order chi connectivity index (χ1) is 9.93. The summed E-state index contributed by atoms with van der Waals surface area (Å²) in [6.07, 6.45) is 2.27. The van der Waals surface area contributed by atoms with E-state index in [1.165, 1.54) is 6.92 Å². The van der Waals surface area contributed by atoms with Gasteiger partial charge in [0.2, 0.25) is 5.91 Å². The molecule has 0 saturated heterocycles. The van der Waals surface area contributed by atoms with Gasteiger partial charge in [0, 0.05) is 17.7 Å². The highest BCUT2D eigenvalue weighted by Crippen LogP contribution is 2.21. The molecule has 4 nitrogen and oxygen atoms in total. The summed E-state index contributed by atoms with van der Waals surface area (Å²) in [6, 6.07) is 7.02. The number of hydrogen-bond acceptors (Lipinski definition) is 3. The monoisotopic (exact) mass is 290 g/mol. The van der Waals surface area contributed by atoms with Gasteiger partial charge in [0.1, 0.15) is 0 Å². The Morgan fingerprint density at radius 2 is 1.95 bits per heavy atom. The number of benzene rings is 1. The third kappa shape index (κ3) is 6.08. The van der Waals surface area contributed by atoms with Crippen LogP contribution in [0.25, 0.3) is 0 Å². The van der Waals surface area contributed by atoms with Crippen molar-refractivity contribution in [3.8, 4) is 0 Å². The number of hydrogen-bond donors (Lipinski definition) is 2. The SMILES string of the molecule is CC(=O)c1cccc(NC(=O)CCC(CCN)C(C)C)c1. The van der Waals surface area contributed by atoms with Crippen LogP contribution in [0.5, 0.6) is 0 Å². The molecule has 0 fully saturated rings. The molecule has 0 aliphatic heterocycles.